The Kier molecular flexibility index (Phi) is 2.78. The topological polar surface area (TPSA) is 59.1 Å². The molecule has 1 rings (SSSR count). The van der Waals surface area contributed by atoms with Crippen molar-refractivity contribution >= 4 is 0 Å². The van der Waals surface area contributed by atoms with Gasteiger partial charge in [-0.15, -0.1) is 0 Å². The molecule has 0 bridgehead atoms. The van der Waals surface area contributed by atoms with Gasteiger partial charge in [0.15, 0.2) is 0 Å². The average Bonchev–Trinajstić information content (AvgIpc) is 2.04. The molecule has 0 amide bonds. The predicted molar refractivity (Wildman–Crippen MR) is 47.6 cm³/mol. The highest BCUT2D eigenvalue weighted by molar-refractivity contribution is 5.20. The number of nitrogens with two attached hydrogens (primary N) is 1. The molecule has 66 valence electrons. The van der Waals surface area contributed by atoms with E-state index in [0.29, 0.717) is 5.69 Å². The molecule has 3 nitrogen and oxygen atoms in total. The van der Waals surface area contributed by atoms with Gasteiger partial charge in [-0.05, 0) is 25.5 Å². The summed E-state index contributed by atoms with van der Waals surface area (Å²) in [4.78, 5) is 4.07. The van der Waals surface area contributed by atoms with Gasteiger partial charge in [0.25, 0.3) is 0 Å². The van der Waals surface area contributed by atoms with Crippen LogP contribution in [0.5, 0.6) is 0 Å². The first kappa shape index (κ1) is 9.16. The molecule has 0 radical (unpaired) electrons. The highest BCUT2D eigenvalue weighted by Crippen LogP contribution is 2.15. The van der Waals surface area contributed by atoms with Crippen molar-refractivity contribution in [1.29, 1.82) is 0 Å². The molecule has 0 saturated carbocycles. The van der Waals surface area contributed by atoms with Gasteiger partial charge in [0.05, 0.1) is 5.69 Å². The Hall–Kier alpha value is -0.930. The van der Waals surface area contributed by atoms with Crippen molar-refractivity contribution in [2.75, 3.05) is 0 Å². The molecule has 12 heavy (non-hydrogen) atoms. The highest BCUT2D eigenvalue weighted by atomic mass is 16.3. The number of rotatable bonds is 2. The summed E-state index contributed by atoms with van der Waals surface area (Å²) in [5.74, 6) is 0. The predicted octanol–water partition coefficient (Wildman–Crippen LogP) is 0.771. The third-order valence-corrected chi connectivity index (χ3v) is 1.83. The molecule has 2 atom stereocenters. The van der Waals surface area contributed by atoms with Crippen LogP contribution in [0.15, 0.2) is 18.3 Å². The molecule has 0 aromatic carbocycles. The third kappa shape index (κ3) is 1.81. The van der Waals surface area contributed by atoms with Crippen molar-refractivity contribution in [2.24, 2.45) is 5.73 Å². The zero-order chi connectivity index (χ0) is 9.14. The van der Waals surface area contributed by atoms with E-state index in [1.54, 1.807) is 13.1 Å². The third-order valence-electron chi connectivity index (χ3n) is 1.83. The molecule has 0 aliphatic carbocycles. The fourth-order valence-electron chi connectivity index (χ4n) is 1.06. The van der Waals surface area contributed by atoms with E-state index in [4.69, 9.17) is 5.73 Å². The maximum Gasteiger partial charge on any atom is 0.111 e. The molecule has 0 aliphatic rings. The molecule has 0 fully saturated rings. The first-order valence-electron chi connectivity index (χ1n) is 3.98. The molecule has 3 heteroatoms. The number of pyridine rings is 1. The molecule has 1 aromatic rings. The molecule has 0 spiro atoms. The summed E-state index contributed by atoms with van der Waals surface area (Å²) in [6.07, 6.45) is 1.000. The smallest absolute Gasteiger partial charge is 0.111 e. The second-order valence-electron chi connectivity index (χ2n) is 3.01. The SMILES string of the molecule is Cc1cccnc1[C@@H](O)[C@@H](C)N. The Bertz CT molecular complexity index is 260. The first-order valence-corrected chi connectivity index (χ1v) is 3.98. The van der Waals surface area contributed by atoms with Crippen LogP contribution in [0, 0.1) is 6.92 Å². The summed E-state index contributed by atoms with van der Waals surface area (Å²) in [7, 11) is 0. The first-order chi connectivity index (χ1) is 5.63. The summed E-state index contributed by atoms with van der Waals surface area (Å²) >= 11 is 0. The van der Waals surface area contributed by atoms with Gasteiger partial charge in [-0.2, -0.15) is 0 Å². The quantitative estimate of drug-likeness (QED) is 0.682. The Labute approximate surface area is 72.2 Å². The lowest BCUT2D eigenvalue weighted by atomic mass is 10.1. The molecule has 3 N–H and O–H groups in total. The monoisotopic (exact) mass is 166 g/mol. The number of aliphatic hydroxyl groups excluding tert-OH is 1. The van der Waals surface area contributed by atoms with Crippen molar-refractivity contribution in [3.8, 4) is 0 Å². The van der Waals surface area contributed by atoms with Crippen LogP contribution < -0.4 is 5.73 Å². The lowest BCUT2D eigenvalue weighted by molar-refractivity contribution is 0.148. The maximum absolute atomic E-state index is 9.59. The number of nitrogens with zero attached hydrogens (tertiary/aromatic N) is 1. The van der Waals surface area contributed by atoms with Gasteiger partial charge in [0, 0.05) is 12.2 Å². The highest BCUT2D eigenvalue weighted by Gasteiger charge is 2.15. The van der Waals surface area contributed by atoms with Gasteiger partial charge in [-0.25, -0.2) is 0 Å². The van der Waals surface area contributed by atoms with E-state index in [9.17, 15) is 5.11 Å². The number of aromatic nitrogens is 1. The van der Waals surface area contributed by atoms with Crippen LogP contribution in [0.2, 0.25) is 0 Å². The van der Waals surface area contributed by atoms with Crippen LogP contribution in [-0.4, -0.2) is 16.1 Å². The molecule has 0 unspecified atom stereocenters. The van der Waals surface area contributed by atoms with Crippen LogP contribution in [0.4, 0.5) is 0 Å². The lowest BCUT2D eigenvalue weighted by Gasteiger charge is -2.15. The number of aliphatic hydroxyl groups is 1. The fourth-order valence-corrected chi connectivity index (χ4v) is 1.06. The van der Waals surface area contributed by atoms with Crippen LogP contribution in [0.3, 0.4) is 0 Å². The summed E-state index contributed by atoms with van der Waals surface area (Å²) in [6.45, 7) is 3.67. The molecular weight excluding hydrogens is 152 g/mol. The standard InChI is InChI=1S/C9H14N2O/c1-6-4-3-5-11-8(6)9(12)7(2)10/h3-5,7,9,12H,10H2,1-2H3/t7-,9+/m1/s1. The van der Waals surface area contributed by atoms with Crippen molar-refractivity contribution in [3.63, 3.8) is 0 Å². The second kappa shape index (κ2) is 3.65. The van der Waals surface area contributed by atoms with Crippen LogP contribution in [-0.2, 0) is 0 Å². The van der Waals surface area contributed by atoms with E-state index in [1.165, 1.54) is 0 Å². The Balaban J connectivity index is 2.94. The zero-order valence-electron chi connectivity index (χ0n) is 7.36. The molecule has 1 aromatic heterocycles. The Morgan fingerprint density at radius 3 is 2.75 bits per heavy atom. The van der Waals surface area contributed by atoms with Crippen LogP contribution in [0.1, 0.15) is 24.3 Å². The lowest BCUT2D eigenvalue weighted by Crippen LogP contribution is -2.25. The van der Waals surface area contributed by atoms with Gasteiger partial charge in [0.2, 0.25) is 0 Å². The second-order valence-corrected chi connectivity index (χ2v) is 3.01. The van der Waals surface area contributed by atoms with E-state index in [2.05, 4.69) is 4.98 Å². The number of hydrogen-bond acceptors (Lipinski definition) is 3. The Morgan fingerprint density at radius 1 is 1.58 bits per heavy atom. The minimum Gasteiger partial charge on any atom is -0.385 e. The van der Waals surface area contributed by atoms with E-state index in [0.717, 1.165) is 5.56 Å². The van der Waals surface area contributed by atoms with Gasteiger partial charge in [-0.1, -0.05) is 6.07 Å². The molecule has 0 saturated heterocycles. The zero-order valence-corrected chi connectivity index (χ0v) is 7.36. The summed E-state index contributed by atoms with van der Waals surface area (Å²) in [6, 6.07) is 3.47. The van der Waals surface area contributed by atoms with Gasteiger partial charge < -0.3 is 10.8 Å². The number of aryl methyl sites for hydroxylation is 1. The summed E-state index contributed by atoms with van der Waals surface area (Å²) < 4.78 is 0. The van der Waals surface area contributed by atoms with Crippen molar-refractivity contribution in [2.45, 2.75) is 26.0 Å². The van der Waals surface area contributed by atoms with Crippen LogP contribution in [0.25, 0.3) is 0 Å². The van der Waals surface area contributed by atoms with Gasteiger partial charge >= 0.3 is 0 Å². The minimum absolute atomic E-state index is 0.279. The number of hydrogen-bond donors (Lipinski definition) is 2. The molecule has 0 aliphatic heterocycles. The van der Waals surface area contributed by atoms with Crippen molar-refractivity contribution in [1.82, 2.24) is 4.98 Å². The summed E-state index contributed by atoms with van der Waals surface area (Å²) in [5, 5.41) is 9.59. The summed E-state index contributed by atoms with van der Waals surface area (Å²) in [5.41, 5.74) is 7.19. The van der Waals surface area contributed by atoms with Crippen molar-refractivity contribution in [3.05, 3.63) is 29.6 Å². The van der Waals surface area contributed by atoms with Gasteiger partial charge in [-0.3, -0.25) is 4.98 Å². The largest absolute Gasteiger partial charge is 0.385 e. The van der Waals surface area contributed by atoms with E-state index >= 15 is 0 Å². The molecule has 1 heterocycles. The normalized spacial score (nSPS) is 15.7. The van der Waals surface area contributed by atoms with Crippen molar-refractivity contribution < 1.29 is 5.11 Å². The van der Waals surface area contributed by atoms with E-state index in [-0.39, 0.29) is 6.04 Å². The average molecular weight is 166 g/mol. The van der Waals surface area contributed by atoms with Crippen LogP contribution >= 0.6 is 0 Å². The van der Waals surface area contributed by atoms with Gasteiger partial charge in [0.1, 0.15) is 6.10 Å². The Morgan fingerprint density at radius 2 is 2.25 bits per heavy atom. The van der Waals surface area contributed by atoms with E-state index in [1.807, 2.05) is 19.1 Å². The maximum atomic E-state index is 9.59. The van der Waals surface area contributed by atoms with E-state index < -0.39 is 6.10 Å². The molecular formula is C9H14N2O. The minimum atomic E-state index is -0.661. The fraction of sp³-hybridized carbons (Fsp3) is 0.444.